The van der Waals surface area contributed by atoms with Crippen LogP contribution in [0.1, 0.15) is 22.4 Å². The van der Waals surface area contributed by atoms with E-state index in [2.05, 4.69) is 21.6 Å². The number of hydrogen-bond donors (Lipinski definition) is 1. The molecule has 0 aliphatic carbocycles. The fourth-order valence-corrected chi connectivity index (χ4v) is 2.52. The number of anilines is 1. The molecule has 0 bridgehead atoms. The van der Waals surface area contributed by atoms with Crippen LogP contribution in [0.3, 0.4) is 0 Å². The summed E-state index contributed by atoms with van der Waals surface area (Å²) in [5.41, 5.74) is 4.27. The van der Waals surface area contributed by atoms with Gasteiger partial charge in [0.1, 0.15) is 11.6 Å². The Hall–Kier alpha value is -3.71. The van der Waals surface area contributed by atoms with Crippen LogP contribution in [-0.2, 0) is 11.3 Å². The molecule has 0 amide bonds. The fraction of sp³-hybridized carbons (Fsp3) is 0.278. The van der Waals surface area contributed by atoms with Crippen molar-refractivity contribution in [2.75, 3.05) is 26.8 Å². The zero-order chi connectivity index (χ0) is 20.7. The first-order chi connectivity index (χ1) is 13.4. The molecular weight excluding hydrogens is 366 g/mol. The smallest absolute Gasteiger partial charge is 0.282 e. The summed E-state index contributed by atoms with van der Waals surface area (Å²) in [6.45, 7) is 2.01. The predicted molar refractivity (Wildman–Crippen MR) is 102 cm³/mol. The fourth-order valence-electron chi connectivity index (χ4n) is 2.52. The van der Waals surface area contributed by atoms with Crippen molar-refractivity contribution in [3.63, 3.8) is 0 Å². The summed E-state index contributed by atoms with van der Waals surface area (Å²) in [5, 5.41) is 24.8. The number of rotatable bonds is 8. The van der Waals surface area contributed by atoms with E-state index in [9.17, 15) is 15.4 Å². The van der Waals surface area contributed by atoms with Crippen LogP contribution < -0.4 is 14.9 Å². The van der Waals surface area contributed by atoms with Gasteiger partial charge in [0.05, 0.1) is 43.6 Å². The molecule has 1 aromatic carbocycles. The molecule has 1 aromatic heterocycles. The van der Waals surface area contributed by atoms with Crippen molar-refractivity contribution in [3.05, 3.63) is 50.7 Å². The van der Waals surface area contributed by atoms with Crippen LogP contribution in [0.25, 0.3) is 0 Å². The average molecular weight is 385 g/mol. The summed E-state index contributed by atoms with van der Waals surface area (Å²) in [6.07, 6.45) is 1.25. The van der Waals surface area contributed by atoms with Gasteiger partial charge in [0.2, 0.25) is 0 Å². The Morgan fingerprint density at radius 1 is 1.29 bits per heavy atom. The Morgan fingerprint density at radius 2 is 1.96 bits per heavy atom. The maximum Gasteiger partial charge on any atom is 0.282 e. The Morgan fingerprint density at radius 3 is 2.54 bits per heavy atom. The second kappa shape index (κ2) is 9.29. The van der Waals surface area contributed by atoms with Crippen LogP contribution in [0.5, 0.6) is 11.5 Å². The second-order valence-electron chi connectivity index (χ2n) is 5.58. The van der Waals surface area contributed by atoms with Crippen LogP contribution in [0.4, 0.5) is 11.5 Å². The quantitative estimate of drug-likeness (QED) is 0.417. The molecule has 1 heterocycles. The lowest BCUT2D eigenvalue weighted by Gasteiger charge is -2.10. The number of nitro benzene ring substituents is 1. The minimum absolute atomic E-state index is 0.193. The lowest BCUT2D eigenvalue weighted by molar-refractivity contribution is -0.385. The number of hydrogen-bond acceptors (Lipinski definition) is 9. The van der Waals surface area contributed by atoms with Crippen LogP contribution in [0.2, 0.25) is 0 Å². The Balaban J connectivity index is 2.40. The van der Waals surface area contributed by atoms with Gasteiger partial charge < -0.3 is 14.2 Å². The van der Waals surface area contributed by atoms with Crippen molar-refractivity contribution in [2.45, 2.75) is 13.5 Å². The average Bonchev–Trinajstić information content (AvgIpc) is 2.67. The number of methoxy groups -OCH3 is 3. The van der Waals surface area contributed by atoms with Gasteiger partial charge in [-0.3, -0.25) is 15.5 Å². The summed E-state index contributed by atoms with van der Waals surface area (Å²) < 4.78 is 15.4. The van der Waals surface area contributed by atoms with Crippen molar-refractivity contribution < 1.29 is 19.1 Å². The maximum absolute atomic E-state index is 11.3. The van der Waals surface area contributed by atoms with Crippen LogP contribution in [0, 0.1) is 28.4 Å². The molecule has 0 fully saturated rings. The molecule has 2 rings (SSSR count). The van der Waals surface area contributed by atoms with Crippen molar-refractivity contribution in [1.82, 2.24) is 4.98 Å². The standard InChI is InChI=1S/C18H19N5O5/c1-11-5-13(10-26-2)14(8-19)18(21-11)22-20-9-12-6-16(27-3)17(28-4)7-15(12)23(24)25/h5-7,9H,10H2,1-4H3,(H,21,22)/b20-9-. The molecule has 10 heteroatoms. The van der Waals surface area contributed by atoms with E-state index < -0.39 is 4.92 Å². The third-order valence-electron chi connectivity index (χ3n) is 3.74. The highest BCUT2D eigenvalue weighted by molar-refractivity contribution is 5.87. The zero-order valence-corrected chi connectivity index (χ0v) is 15.8. The molecule has 10 nitrogen and oxygen atoms in total. The normalized spacial score (nSPS) is 10.5. The van der Waals surface area contributed by atoms with Crippen molar-refractivity contribution >= 4 is 17.7 Å². The molecule has 0 saturated heterocycles. The lowest BCUT2D eigenvalue weighted by Crippen LogP contribution is -2.04. The molecule has 0 saturated carbocycles. The number of nitro groups is 1. The Kier molecular flexibility index (Phi) is 6.84. The van der Waals surface area contributed by atoms with Gasteiger partial charge in [0, 0.05) is 18.4 Å². The maximum atomic E-state index is 11.3. The van der Waals surface area contributed by atoms with Gasteiger partial charge >= 0.3 is 0 Å². The number of benzene rings is 1. The number of nitrogens with zero attached hydrogens (tertiary/aromatic N) is 4. The first-order valence-corrected chi connectivity index (χ1v) is 8.04. The topological polar surface area (TPSA) is 132 Å². The van der Waals surface area contributed by atoms with Gasteiger partial charge in [-0.05, 0) is 19.1 Å². The number of aromatic nitrogens is 1. The molecule has 0 atom stereocenters. The summed E-state index contributed by atoms with van der Waals surface area (Å²) in [7, 11) is 4.34. The van der Waals surface area contributed by atoms with Gasteiger partial charge in [-0.2, -0.15) is 10.4 Å². The molecule has 0 radical (unpaired) electrons. The molecule has 146 valence electrons. The van der Waals surface area contributed by atoms with Gasteiger partial charge in [0.15, 0.2) is 17.3 Å². The van der Waals surface area contributed by atoms with E-state index >= 15 is 0 Å². The van der Waals surface area contributed by atoms with E-state index in [-0.39, 0.29) is 35.0 Å². The number of nitrogens with one attached hydrogen (secondary N) is 1. The van der Waals surface area contributed by atoms with E-state index in [1.165, 1.54) is 39.7 Å². The summed E-state index contributed by atoms with van der Waals surface area (Å²) in [6, 6.07) is 6.50. The Bertz CT molecular complexity index is 952. The van der Waals surface area contributed by atoms with E-state index in [0.29, 0.717) is 17.0 Å². The monoisotopic (exact) mass is 385 g/mol. The van der Waals surface area contributed by atoms with Gasteiger partial charge in [-0.25, -0.2) is 4.98 Å². The summed E-state index contributed by atoms with van der Waals surface area (Å²) in [4.78, 5) is 15.0. The predicted octanol–water partition coefficient (Wildman–Crippen LogP) is 2.78. The van der Waals surface area contributed by atoms with Crippen molar-refractivity contribution in [3.8, 4) is 17.6 Å². The van der Waals surface area contributed by atoms with Crippen LogP contribution in [-0.4, -0.2) is 37.5 Å². The van der Waals surface area contributed by atoms with E-state index in [4.69, 9.17) is 14.2 Å². The van der Waals surface area contributed by atoms with Crippen molar-refractivity contribution in [1.29, 1.82) is 5.26 Å². The molecule has 0 spiro atoms. The summed E-state index contributed by atoms with van der Waals surface area (Å²) in [5.74, 6) is 0.785. The summed E-state index contributed by atoms with van der Waals surface area (Å²) >= 11 is 0. The molecule has 2 aromatic rings. The van der Waals surface area contributed by atoms with E-state index in [0.717, 1.165) is 0 Å². The van der Waals surface area contributed by atoms with Crippen LogP contribution >= 0.6 is 0 Å². The van der Waals surface area contributed by atoms with Gasteiger partial charge in [-0.1, -0.05) is 0 Å². The number of nitriles is 1. The Labute approximate surface area is 161 Å². The van der Waals surface area contributed by atoms with E-state index in [1.54, 1.807) is 13.0 Å². The first-order valence-electron chi connectivity index (χ1n) is 8.04. The molecule has 1 N–H and O–H groups in total. The third kappa shape index (κ3) is 4.52. The van der Waals surface area contributed by atoms with Crippen LogP contribution in [0.15, 0.2) is 23.3 Å². The number of pyridine rings is 1. The van der Waals surface area contributed by atoms with Gasteiger partial charge in [-0.15, -0.1) is 0 Å². The van der Waals surface area contributed by atoms with Gasteiger partial charge in [0.25, 0.3) is 5.69 Å². The molecule has 0 aliphatic rings. The third-order valence-corrected chi connectivity index (χ3v) is 3.74. The zero-order valence-electron chi connectivity index (χ0n) is 15.8. The minimum Gasteiger partial charge on any atom is -0.493 e. The highest BCUT2D eigenvalue weighted by atomic mass is 16.6. The lowest BCUT2D eigenvalue weighted by atomic mass is 10.1. The SMILES string of the molecule is COCc1cc(C)nc(N/N=C\c2cc(OC)c(OC)cc2[N+](=O)[O-])c1C#N. The highest BCUT2D eigenvalue weighted by Crippen LogP contribution is 2.33. The highest BCUT2D eigenvalue weighted by Gasteiger charge is 2.18. The molecule has 28 heavy (non-hydrogen) atoms. The number of ether oxygens (including phenoxy) is 3. The molecular formula is C18H19N5O5. The minimum atomic E-state index is -0.550. The first kappa shape index (κ1) is 20.6. The number of hydrazone groups is 1. The second-order valence-corrected chi connectivity index (χ2v) is 5.58. The van der Waals surface area contributed by atoms with Crippen molar-refractivity contribution in [2.24, 2.45) is 5.10 Å². The molecule has 0 unspecified atom stereocenters. The molecule has 0 aliphatic heterocycles. The number of aryl methyl sites for hydroxylation is 1. The largest absolute Gasteiger partial charge is 0.493 e. The van der Waals surface area contributed by atoms with E-state index in [1.807, 2.05) is 0 Å².